The van der Waals surface area contributed by atoms with E-state index in [1.807, 2.05) is 0 Å². The number of pyridine rings is 1. The Morgan fingerprint density at radius 3 is 1.96 bits per heavy atom. The SMILES string of the molecule is OCCCCCCCCCCCCc1ccc2ccccc2n1. The number of unbranched alkanes of at least 4 members (excludes halogenated alkanes) is 9. The van der Waals surface area contributed by atoms with Crippen molar-refractivity contribution in [1.29, 1.82) is 0 Å². The Kier molecular flexibility index (Phi) is 8.72. The molecule has 23 heavy (non-hydrogen) atoms. The molecule has 2 rings (SSSR count). The third-order valence-electron chi connectivity index (χ3n) is 4.50. The monoisotopic (exact) mass is 313 g/mol. The topological polar surface area (TPSA) is 33.1 Å². The van der Waals surface area contributed by atoms with E-state index in [0.29, 0.717) is 6.61 Å². The molecule has 0 amide bonds. The molecule has 0 unspecified atom stereocenters. The second-order valence-corrected chi connectivity index (χ2v) is 6.50. The second kappa shape index (κ2) is 11.2. The standard InChI is InChI=1S/C21H31NO/c23-18-12-8-6-4-2-1-3-5-7-9-14-20-17-16-19-13-10-11-15-21(19)22-20/h10-11,13,15-17,23H,1-9,12,14,18H2. The third-order valence-corrected chi connectivity index (χ3v) is 4.50. The van der Waals surface area contributed by atoms with E-state index in [9.17, 15) is 0 Å². The molecular weight excluding hydrogens is 282 g/mol. The normalized spacial score (nSPS) is 11.2. The minimum atomic E-state index is 0.353. The van der Waals surface area contributed by atoms with Gasteiger partial charge in [-0.1, -0.05) is 75.6 Å². The molecule has 0 aliphatic carbocycles. The highest BCUT2D eigenvalue weighted by Crippen LogP contribution is 2.15. The predicted molar refractivity (Wildman–Crippen MR) is 98.7 cm³/mol. The molecule has 0 spiro atoms. The number of hydrogen-bond acceptors (Lipinski definition) is 2. The Bertz CT molecular complexity index is 552. The number of aromatic nitrogens is 1. The number of hydrogen-bond donors (Lipinski definition) is 1. The first kappa shape index (κ1) is 17.9. The van der Waals surface area contributed by atoms with Crippen LogP contribution in [0.2, 0.25) is 0 Å². The van der Waals surface area contributed by atoms with E-state index >= 15 is 0 Å². The summed E-state index contributed by atoms with van der Waals surface area (Å²) < 4.78 is 0. The van der Waals surface area contributed by atoms with Gasteiger partial charge in [0.2, 0.25) is 0 Å². The van der Waals surface area contributed by atoms with E-state index in [1.54, 1.807) is 0 Å². The molecular formula is C21H31NO. The van der Waals surface area contributed by atoms with Crippen molar-refractivity contribution < 1.29 is 5.11 Å². The lowest BCUT2D eigenvalue weighted by atomic mass is 10.0. The fraction of sp³-hybridized carbons (Fsp3) is 0.571. The van der Waals surface area contributed by atoms with Crippen molar-refractivity contribution in [2.75, 3.05) is 6.61 Å². The Labute approximate surface area is 141 Å². The highest BCUT2D eigenvalue weighted by Gasteiger charge is 1.98. The number of aryl methyl sites for hydroxylation is 1. The summed E-state index contributed by atoms with van der Waals surface area (Å²) in [5.74, 6) is 0. The first-order valence-electron chi connectivity index (χ1n) is 9.36. The molecule has 2 heteroatoms. The van der Waals surface area contributed by atoms with E-state index < -0.39 is 0 Å². The number of fused-ring (bicyclic) bond motifs is 1. The summed E-state index contributed by atoms with van der Waals surface area (Å²) in [7, 11) is 0. The lowest BCUT2D eigenvalue weighted by Crippen LogP contribution is -1.91. The highest BCUT2D eigenvalue weighted by atomic mass is 16.2. The molecule has 1 aromatic heterocycles. The minimum absolute atomic E-state index is 0.353. The molecule has 2 aromatic rings. The van der Waals surface area contributed by atoms with Gasteiger partial charge in [-0.3, -0.25) is 4.98 Å². The van der Waals surface area contributed by atoms with Crippen LogP contribution in [0.4, 0.5) is 0 Å². The minimum Gasteiger partial charge on any atom is -0.396 e. The van der Waals surface area contributed by atoms with Gasteiger partial charge < -0.3 is 5.11 Å². The number of rotatable bonds is 12. The lowest BCUT2D eigenvalue weighted by molar-refractivity contribution is 0.282. The van der Waals surface area contributed by atoms with Gasteiger partial charge in [0, 0.05) is 17.7 Å². The van der Waals surface area contributed by atoms with Crippen LogP contribution in [0.25, 0.3) is 10.9 Å². The Hall–Kier alpha value is -1.41. The Morgan fingerprint density at radius 2 is 1.26 bits per heavy atom. The van der Waals surface area contributed by atoms with Gasteiger partial charge in [-0.15, -0.1) is 0 Å². The molecule has 0 aliphatic rings. The van der Waals surface area contributed by atoms with Crippen LogP contribution in [0.1, 0.15) is 69.9 Å². The maximum absolute atomic E-state index is 8.72. The van der Waals surface area contributed by atoms with Crippen LogP contribution in [0, 0.1) is 0 Å². The van der Waals surface area contributed by atoms with E-state index in [-0.39, 0.29) is 0 Å². The fourth-order valence-electron chi connectivity index (χ4n) is 3.08. The molecule has 0 saturated carbocycles. The van der Waals surface area contributed by atoms with Crippen LogP contribution in [0.3, 0.4) is 0 Å². The summed E-state index contributed by atoms with van der Waals surface area (Å²) in [4.78, 5) is 4.74. The van der Waals surface area contributed by atoms with Gasteiger partial charge in [0.05, 0.1) is 5.52 Å². The van der Waals surface area contributed by atoms with Gasteiger partial charge in [0.25, 0.3) is 0 Å². The maximum atomic E-state index is 8.72. The third kappa shape index (κ3) is 7.13. The van der Waals surface area contributed by atoms with Crippen LogP contribution >= 0.6 is 0 Å². The second-order valence-electron chi connectivity index (χ2n) is 6.50. The molecule has 1 aromatic carbocycles. The molecule has 1 N–H and O–H groups in total. The molecule has 0 saturated heterocycles. The number of benzene rings is 1. The van der Waals surface area contributed by atoms with Crippen LogP contribution < -0.4 is 0 Å². The fourth-order valence-corrected chi connectivity index (χ4v) is 3.08. The maximum Gasteiger partial charge on any atom is 0.0705 e. The molecule has 0 bridgehead atoms. The Balaban J connectivity index is 1.50. The van der Waals surface area contributed by atoms with Crippen molar-refractivity contribution in [3.63, 3.8) is 0 Å². The van der Waals surface area contributed by atoms with Gasteiger partial charge in [0.15, 0.2) is 0 Å². The van der Waals surface area contributed by atoms with E-state index in [2.05, 4.69) is 36.4 Å². The molecule has 0 radical (unpaired) electrons. The van der Waals surface area contributed by atoms with Gasteiger partial charge in [-0.05, 0) is 31.4 Å². The predicted octanol–water partition coefficient (Wildman–Crippen LogP) is 5.67. The first-order valence-corrected chi connectivity index (χ1v) is 9.36. The van der Waals surface area contributed by atoms with E-state index in [4.69, 9.17) is 10.1 Å². The van der Waals surface area contributed by atoms with Gasteiger partial charge >= 0.3 is 0 Å². The first-order chi connectivity index (χ1) is 11.4. The largest absolute Gasteiger partial charge is 0.396 e. The van der Waals surface area contributed by atoms with Gasteiger partial charge in [-0.25, -0.2) is 0 Å². The van der Waals surface area contributed by atoms with Crippen molar-refractivity contribution >= 4 is 10.9 Å². The smallest absolute Gasteiger partial charge is 0.0705 e. The molecule has 0 atom stereocenters. The molecule has 0 fully saturated rings. The molecule has 1 heterocycles. The number of nitrogens with zero attached hydrogens (tertiary/aromatic N) is 1. The zero-order valence-electron chi connectivity index (χ0n) is 14.3. The van der Waals surface area contributed by atoms with Crippen LogP contribution in [0.5, 0.6) is 0 Å². The highest BCUT2D eigenvalue weighted by molar-refractivity contribution is 5.78. The molecule has 2 nitrogen and oxygen atoms in total. The van der Waals surface area contributed by atoms with E-state index in [1.165, 1.54) is 68.9 Å². The number of aliphatic hydroxyl groups is 1. The Morgan fingerprint density at radius 1 is 0.652 bits per heavy atom. The van der Waals surface area contributed by atoms with Gasteiger partial charge in [-0.2, -0.15) is 0 Å². The zero-order valence-corrected chi connectivity index (χ0v) is 14.3. The quantitative estimate of drug-likeness (QED) is 0.512. The van der Waals surface area contributed by atoms with Crippen molar-refractivity contribution in [2.24, 2.45) is 0 Å². The lowest BCUT2D eigenvalue weighted by Gasteiger charge is -2.04. The van der Waals surface area contributed by atoms with Gasteiger partial charge in [0.1, 0.15) is 0 Å². The van der Waals surface area contributed by atoms with Crippen molar-refractivity contribution in [1.82, 2.24) is 4.98 Å². The molecule has 126 valence electrons. The van der Waals surface area contributed by atoms with Crippen molar-refractivity contribution in [2.45, 2.75) is 70.6 Å². The molecule has 0 aliphatic heterocycles. The van der Waals surface area contributed by atoms with Crippen LogP contribution in [-0.4, -0.2) is 16.7 Å². The zero-order chi connectivity index (χ0) is 16.2. The summed E-state index contributed by atoms with van der Waals surface area (Å²) in [6, 6.07) is 12.7. The number of aliphatic hydroxyl groups excluding tert-OH is 1. The van der Waals surface area contributed by atoms with E-state index in [0.717, 1.165) is 18.4 Å². The van der Waals surface area contributed by atoms with Crippen molar-refractivity contribution in [3.8, 4) is 0 Å². The summed E-state index contributed by atoms with van der Waals surface area (Å²) in [5.41, 5.74) is 2.35. The average Bonchev–Trinajstić information content (AvgIpc) is 2.59. The summed E-state index contributed by atoms with van der Waals surface area (Å²) >= 11 is 0. The summed E-state index contributed by atoms with van der Waals surface area (Å²) in [5, 5.41) is 9.95. The summed E-state index contributed by atoms with van der Waals surface area (Å²) in [6.07, 6.45) is 13.9. The van der Waals surface area contributed by atoms with Crippen LogP contribution in [0.15, 0.2) is 36.4 Å². The number of para-hydroxylation sites is 1. The average molecular weight is 313 g/mol. The van der Waals surface area contributed by atoms with Crippen LogP contribution in [-0.2, 0) is 6.42 Å². The van der Waals surface area contributed by atoms with Crippen molar-refractivity contribution in [3.05, 3.63) is 42.1 Å². The summed E-state index contributed by atoms with van der Waals surface area (Å²) in [6.45, 7) is 0.353.